The Balaban J connectivity index is 1.56. The summed E-state index contributed by atoms with van der Waals surface area (Å²) in [5, 5.41) is 10.8. The van der Waals surface area contributed by atoms with Crippen LogP contribution < -0.4 is 0 Å². The molecule has 1 N–H and O–H groups in total. The Morgan fingerprint density at radius 1 is 1.11 bits per heavy atom. The number of hydrogen-bond acceptors (Lipinski definition) is 7. The first-order valence-electron chi connectivity index (χ1n) is 17.3. The molecule has 4 heterocycles. The Labute approximate surface area is 280 Å². The minimum atomic E-state index is -1.20. The van der Waals surface area contributed by atoms with Gasteiger partial charge in [-0.1, -0.05) is 69.7 Å². The molecule has 8 atom stereocenters. The second-order valence-electron chi connectivity index (χ2n) is 14.1. The first kappa shape index (κ1) is 35.3. The van der Waals surface area contributed by atoms with Gasteiger partial charge in [0, 0.05) is 45.8 Å². The first-order valence-corrected chi connectivity index (χ1v) is 17.3. The topological polar surface area (TPSA) is 103 Å². The second-order valence-corrected chi connectivity index (χ2v) is 14.1. The molecule has 4 saturated heterocycles. The summed E-state index contributed by atoms with van der Waals surface area (Å²) >= 11 is 0. The van der Waals surface area contributed by atoms with Gasteiger partial charge in [0.1, 0.15) is 11.6 Å². The summed E-state index contributed by atoms with van der Waals surface area (Å²) in [5.41, 5.74) is -1.17. The number of morpholine rings is 1. The van der Waals surface area contributed by atoms with E-state index in [0.717, 1.165) is 18.7 Å². The maximum absolute atomic E-state index is 15.0. The van der Waals surface area contributed by atoms with Gasteiger partial charge in [-0.25, -0.2) is 0 Å². The van der Waals surface area contributed by atoms with Crippen molar-refractivity contribution in [3.8, 4) is 0 Å². The van der Waals surface area contributed by atoms with Gasteiger partial charge in [-0.05, 0) is 30.7 Å². The highest BCUT2D eigenvalue weighted by molar-refractivity contribution is 5.99. The maximum Gasteiger partial charge on any atom is 0.248 e. The molecule has 0 radical (unpaired) electrons. The first-order chi connectivity index (χ1) is 22.6. The Morgan fingerprint density at radius 2 is 1.77 bits per heavy atom. The number of ether oxygens (including phenoxy) is 2. The fourth-order valence-corrected chi connectivity index (χ4v) is 8.60. The number of rotatable bonds is 15. The monoisotopic (exact) mass is 650 g/mol. The maximum atomic E-state index is 15.0. The predicted octanol–water partition coefficient (Wildman–Crippen LogP) is 2.97. The molecule has 10 heteroatoms. The Kier molecular flexibility index (Phi) is 11.0. The molecular formula is C37H54N4O6. The van der Waals surface area contributed by atoms with Crippen molar-refractivity contribution >= 4 is 17.7 Å². The van der Waals surface area contributed by atoms with Crippen LogP contribution in [0, 0.1) is 23.7 Å². The molecule has 0 aromatic heterocycles. The van der Waals surface area contributed by atoms with Gasteiger partial charge < -0.3 is 29.3 Å². The number of hydrogen-bond donors (Lipinski definition) is 1. The standard InChI is InChI=1S/C37H54N4O6/c1-7-15-39(18-17-38-19-21-46-22-20-38)35(45)32-37-23-27(5)36(6,47-37)30(31(37)34(44)41(32)29(25-42)26(4)9-3)33(43)40(16-8-2)24-28-13-11-10-12-14-28/h7-8,10-14,26-27,29-32,42H,1-2,9,15-25H2,3-6H3/t26-,27?,29-,30+,31-,32?,36-,37?/m0/s1. The zero-order valence-corrected chi connectivity index (χ0v) is 28.7. The summed E-state index contributed by atoms with van der Waals surface area (Å²) in [6.45, 7) is 20.6. The molecular weight excluding hydrogens is 596 g/mol. The number of amides is 3. The molecule has 4 fully saturated rings. The smallest absolute Gasteiger partial charge is 0.248 e. The number of aliphatic hydroxyl groups excluding tert-OH is 1. The number of likely N-dealkylation sites (tertiary alicyclic amines) is 1. The van der Waals surface area contributed by atoms with Gasteiger partial charge in [-0.3, -0.25) is 19.3 Å². The van der Waals surface area contributed by atoms with E-state index in [-0.39, 0.29) is 36.2 Å². The van der Waals surface area contributed by atoms with Gasteiger partial charge in [0.15, 0.2) is 0 Å². The minimum absolute atomic E-state index is 0.0783. The van der Waals surface area contributed by atoms with E-state index in [1.54, 1.807) is 26.9 Å². The normalized spacial score (nSPS) is 31.3. The largest absolute Gasteiger partial charge is 0.394 e. The van der Waals surface area contributed by atoms with Crippen LogP contribution >= 0.6 is 0 Å². The van der Waals surface area contributed by atoms with Crippen molar-refractivity contribution in [2.24, 2.45) is 23.7 Å². The van der Waals surface area contributed by atoms with Crippen LogP contribution in [0.1, 0.15) is 46.1 Å². The molecule has 10 nitrogen and oxygen atoms in total. The van der Waals surface area contributed by atoms with E-state index in [1.165, 1.54) is 0 Å². The Bertz CT molecular complexity index is 1300. The average molecular weight is 651 g/mol. The van der Waals surface area contributed by atoms with Crippen molar-refractivity contribution in [1.29, 1.82) is 0 Å². The lowest BCUT2D eigenvalue weighted by molar-refractivity contribution is -0.159. The summed E-state index contributed by atoms with van der Waals surface area (Å²) in [4.78, 5) is 52.0. The fraction of sp³-hybridized carbons (Fsp3) is 0.649. The highest BCUT2D eigenvalue weighted by atomic mass is 16.5. The third-order valence-electron chi connectivity index (χ3n) is 11.4. The molecule has 1 aromatic rings. The molecule has 1 spiro atoms. The summed E-state index contributed by atoms with van der Waals surface area (Å²) in [5.74, 6) is -2.47. The van der Waals surface area contributed by atoms with Crippen LogP contribution in [0.25, 0.3) is 0 Å². The second kappa shape index (κ2) is 14.6. The third kappa shape index (κ3) is 6.30. The van der Waals surface area contributed by atoms with E-state index >= 15 is 0 Å². The van der Waals surface area contributed by atoms with Crippen LogP contribution in [0.3, 0.4) is 0 Å². The average Bonchev–Trinajstić information content (AvgIpc) is 3.59. The van der Waals surface area contributed by atoms with Crippen molar-refractivity contribution in [3.05, 3.63) is 61.2 Å². The quantitative estimate of drug-likeness (QED) is 0.291. The lowest BCUT2D eigenvalue weighted by Crippen LogP contribution is -2.60. The van der Waals surface area contributed by atoms with Crippen molar-refractivity contribution < 1.29 is 29.0 Å². The summed E-state index contributed by atoms with van der Waals surface area (Å²) in [6, 6.07) is 8.21. The van der Waals surface area contributed by atoms with Crippen LogP contribution in [-0.2, 0) is 30.4 Å². The van der Waals surface area contributed by atoms with Crippen LogP contribution in [-0.4, -0.2) is 125 Å². The van der Waals surface area contributed by atoms with E-state index in [0.29, 0.717) is 58.8 Å². The molecule has 2 bridgehead atoms. The molecule has 0 aliphatic carbocycles. The molecule has 3 amide bonds. The molecule has 4 aliphatic heterocycles. The van der Waals surface area contributed by atoms with Crippen LogP contribution in [0.4, 0.5) is 0 Å². The summed E-state index contributed by atoms with van der Waals surface area (Å²) in [6.07, 6.45) is 4.60. The van der Waals surface area contributed by atoms with Crippen LogP contribution in [0.15, 0.2) is 55.6 Å². The summed E-state index contributed by atoms with van der Waals surface area (Å²) in [7, 11) is 0. The molecule has 0 saturated carbocycles. The lowest BCUT2D eigenvalue weighted by Gasteiger charge is -2.41. The molecule has 5 rings (SSSR count). The zero-order valence-electron chi connectivity index (χ0n) is 28.7. The molecule has 4 aliphatic rings. The predicted molar refractivity (Wildman–Crippen MR) is 180 cm³/mol. The van der Waals surface area contributed by atoms with Crippen molar-refractivity contribution in [1.82, 2.24) is 19.6 Å². The van der Waals surface area contributed by atoms with Gasteiger partial charge in [0.2, 0.25) is 17.7 Å². The van der Waals surface area contributed by atoms with E-state index < -0.39 is 35.1 Å². The number of benzene rings is 1. The molecule has 47 heavy (non-hydrogen) atoms. The number of carbonyl (C=O) groups excluding carboxylic acids is 3. The Hall–Kier alpha value is -3.05. The van der Waals surface area contributed by atoms with Gasteiger partial charge in [0.25, 0.3) is 0 Å². The van der Waals surface area contributed by atoms with Crippen molar-refractivity contribution in [2.75, 3.05) is 59.1 Å². The van der Waals surface area contributed by atoms with E-state index in [4.69, 9.17) is 9.47 Å². The number of aliphatic hydroxyl groups is 1. The van der Waals surface area contributed by atoms with Crippen molar-refractivity contribution in [3.63, 3.8) is 0 Å². The van der Waals surface area contributed by atoms with Gasteiger partial charge in [-0.15, -0.1) is 13.2 Å². The van der Waals surface area contributed by atoms with Gasteiger partial charge >= 0.3 is 0 Å². The van der Waals surface area contributed by atoms with E-state index in [2.05, 4.69) is 25.0 Å². The van der Waals surface area contributed by atoms with Crippen LogP contribution in [0.2, 0.25) is 0 Å². The number of nitrogens with zero attached hydrogens (tertiary/aromatic N) is 4. The number of fused-ring (bicyclic) bond motifs is 1. The molecule has 258 valence electrons. The highest BCUT2D eigenvalue weighted by Gasteiger charge is 2.80. The SMILES string of the molecule is C=CCN(CCN1CCOCC1)C(=O)C1N([C@@H](CO)[C@@H](C)CC)C(=O)[C@@H]2[C@H](C(=O)N(CC=C)Cc3ccccc3)[C@@]3(C)OC12CC3C. The van der Waals surface area contributed by atoms with E-state index in [9.17, 15) is 19.5 Å². The summed E-state index contributed by atoms with van der Waals surface area (Å²) < 4.78 is 12.6. The minimum Gasteiger partial charge on any atom is -0.394 e. The van der Waals surface area contributed by atoms with Crippen LogP contribution in [0.5, 0.6) is 0 Å². The molecule has 3 unspecified atom stereocenters. The van der Waals surface area contributed by atoms with Gasteiger partial charge in [-0.2, -0.15) is 0 Å². The number of carbonyl (C=O) groups is 3. The third-order valence-corrected chi connectivity index (χ3v) is 11.4. The fourth-order valence-electron chi connectivity index (χ4n) is 8.60. The van der Waals surface area contributed by atoms with E-state index in [1.807, 2.05) is 51.1 Å². The highest BCUT2D eigenvalue weighted by Crippen LogP contribution is 2.66. The van der Waals surface area contributed by atoms with Gasteiger partial charge in [0.05, 0.1) is 43.3 Å². The Morgan fingerprint density at radius 3 is 2.38 bits per heavy atom. The molecule has 1 aromatic carbocycles. The van der Waals surface area contributed by atoms with Crippen molar-refractivity contribution in [2.45, 2.75) is 70.4 Å². The lowest BCUT2D eigenvalue weighted by atomic mass is 9.62. The zero-order chi connectivity index (χ0) is 33.9.